The van der Waals surface area contributed by atoms with Crippen molar-refractivity contribution in [2.45, 2.75) is 64.4 Å². The van der Waals surface area contributed by atoms with Gasteiger partial charge < -0.3 is 39.4 Å². The van der Waals surface area contributed by atoms with Crippen LogP contribution >= 0.6 is 0 Å². The van der Waals surface area contributed by atoms with E-state index in [1.165, 1.54) is 20.3 Å². The molecule has 13 nitrogen and oxygen atoms in total. The van der Waals surface area contributed by atoms with Gasteiger partial charge in [0, 0.05) is 26.9 Å². The number of hydrogen-bond acceptors (Lipinski definition) is 10. The molecule has 0 spiro atoms. The summed E-state index contributed by atoms with van der Waals surface area (Å²) < 4.78 is 25.7. The maximum Gasteiger partial charge on any atom is 0.274 e. The lowest BCUT2D eigenvalue weighted by Crippen LogP contribution is -2.58. The van der Waals surface area contributed by atoms with Crippen molar-refractivity contribution in [1.82, 2.24) is 21.1 Å². The zero-order valence-corrected chi connectivity index (χ0v) is 22.3. The molecule has 1 aliphatic heterocycles. The van der Waals surface area contributed by atoms with Crippen LogP contribution in [-0.4, -0.2) is 93.0 Å². The van der Waals surface area contributed by atoms with E-state index in [2.05, 4.69) is 21.1 Å². The van der Waals surface area contributed by atoms with Crippen molar-refractivity contribution in [3.63, 3.8) is 0 Å². The predicted molar refractivity (Wildman–Crippen MR) is 130 cm³/mol. The number of aromatic nitrogens is 1. The van der Waals surface area contributed by atoms with E-state index in [0.29, 0.717) is 25.4 Å². The molecular weight excluding hydrogens is 488 g/mol. The summed E-state index contributed by atoms with van der Waals surface area (Å²) in [5, 5.41) is 11.5. The molecule has 37 heavy (non-hydrogen) atoms. The fraction of sp³-hybridized carbons (Fsp3) is 0.708. The number of epoxide rings is 1. The first-order valence-electron chi connectivity index (χ1n) is 12.2. The molecule has 1 aromatic heterocycles. The van der Waals surface area contributed by atoms with E-state index in [0.717, 1.165) is 0 Å². The maximum absolute atomic E-state index is 13.1. The Morgan fingerprint density at radius 1 is 1.03 bits per heavy atom. The Hall–Kier alpha value is -2.87. The summed E-state index contributed by atoms with van der Waals surface area (Å²) >= 11 is 0. The van der Waals surface area contributed by atoms with E-state index in [9.17, 15) is 19.2 Å². The highest BCUT2D eigenvalue weighted by Gasteiger charge is 2.50. The van der Waals surface area contributed by atoms with E-state index in [1.54, 1.807) is 6.92 Å². The first-order valence-corrected chi connectivity index (χ1v) is 12.2. The number of methoxy groups -OCH3 is 2. The second kappa shape index (κ2) is 14.2. The van der Waals surface area contributed by atoms with Gasteiger partial charge in [0.05, 0.1) is 25.9 Å². The number of carbonyl (C=O) groups excluding carboxylic acids is 4. The highest BCUT2D eigenvalue weighted by molar-refractivity contribution is 5.99. The third-order valence-corrected chi connectivity index (χ3v) is 5.60. The quantitative estimate of drug-likeness (QED) is 0.234. The molecule has 4 atom stereocenters. The smallest absolute Gasteiger partial charge is 0.274 e. The van der Waals surface area contributed by atoms with Crippen LogP contribution in [0.2, 0.25) is 0 Å². The third-order valence-electron chi connectivity index (χ3n) is 5.60. The lowest BCUT2D eigenvalue weighted by Gasteiger charge is -2.26. The Balaban J connectivity index is 2.06. The fourth-order valence-electron chi connectivity index (χ4n) is 3.49. The summed E-state index contributed by atoms with van der Waals surface area (Å²) in [6, 6.07) is -1.66. The molecule has 0 radical (unpaired) electrons. The van der Waals surface area contributed by atoms with Gasteiger partial charge >= 0.3 is 0 Å². The fourth-order valence-corrected chi connectivity index (χ4v) is 3.49. The van der Waals surface area contributed by atoms with Gasteiger partial charge in [-0.05, 0) is 26.2 Å². The van der Waals surface area contributed by atoms with Crippen LogP contribution in [0.5, 0.6) is 0 Å². The third kappa shape index (κ3) is 9.18. The highest BCUT2D eigenvalue weighted by atomic mass is 16.6. The summed E-state index contributed by atoms with van der Waals surface area (Å²) in [5.74, 6) is -1.70. The van der Waals surface area contributed by atoms with Gasteiger partial charge in [-0.15, -0.1) is 0 Å². The maximum atomic E-state index is 13.1. The van der Waals surface area contributed by atoms with Gasteiger partial charge in [0.15, 0.2) is 17.2 Å². The second-order valence-corrected chi connectivity index (χ2v) is 9.39. The van der Waals surface area contributed by atoms with E-state index in [1.807, 2.05) is 20.8 Å². The van der Waals surface area contributed by atoms with Crippen molar-refractivity contribution >= 4 is 23.5 Å². The number of Topliss-reactive ketones (excluding diaryl/α,β-unsaturated/α-hetero) is 1. The summed E-state index contributed by atoms with van der Waals surface area (Å²) in [7, 11) is 2.74. The molecule has 0 bridgehead atoms. The van der Waals surface area contributed by atoms with Crippen molar-refractivity contribution in [2.75, 3.05) is 40.6 Å². The van der Waals surface area contributed by atoms with Crippen LogP contribution in [0.25, 0.3) is 0 Å². The molecule has 1 aromatic rings. The van der Waals surface area contributed by atoms with Crippen molar-refractivity contribution in [3.05, 3.63) is 17.5 Å². The van der Waals surface area contributed by atoms with Crippen LogP contribution in [0.15, 0.2) is 10.6 Å². The van der Waals surface area contributed by atoms with Crippen molar-refractivity contribution in [3.8, 4) is 0 Å². The minimum atomic E-state index is -1.15. The molecule has 1 saturated heterocycles. The number of hydrogen-bond donors (Lipinski definition) is 3. The molecule has 0 saturated carbocycles. The molecule has 0 aromatic carbocycles. The molecule has 3 N–H and O–H groups in total. The predicted octanol–water partition coefficient (Wildman–Crippen LogP) is -0.0240. The average Bonchev–Trinajstić information content (AvgIpc) is 3.42. The zero-order chi connectivity index (χ0) is 27.6. The largest absolute Gasteiger partial charge is 0.382 e. The van der Waals surface area contributed by atoms with E-state index in [4.69, 9.17) is 23.5 Å². The summed E-state index contributed by atoms with van der Waals surface area (Å²) in [5.41, 5.74) is -0.953. The van der Waals surface area contributed by atoms with Crippen LogP contribution in [0.4, 0.5) is 0 Å². The van der Waals surface area contributed by atoms with Gasteiger partial charge in [-0.2, -0.15) is 0 Å². The summed E-state index contributed by atoms with van der Waals surface area (Å²) in [4.78, 5) is 51.6. The van der Waals surface area contributed by atoms with Crippen LogP contribution in [0, 0.1) is 5.92 Å². The van der Waals surface area contributed by atoms with Gasteiger partial charge in [-0.3, -0.25) is 19.2 Å². The molecule has 0 aliphatic carbocycles. The molecule has 2 heterocycles. The van der Waals surface area contributed by atoms with E-state index >= 15 is 0 Å². The molecule has 208 valence electrons. The number of nitrogens with one attached hydrogen (secondary N) is 3. The standard InChI is InChI=1S/C24H38N4O9/c1-7-35-10-15-9-17(28-37-15)21(30)26-19(12-34-6)23(32)27-18(11-33-5)22(31)25-16(8-14(2)3)20(29)24(4)13-36-24/h9,14,16,18-19H,7-8,10-13H2,1-6H3,(H,25,31)(H,26,30)(H,27,32)/t16?,18-,19?,24?/m0/s1. The molecule has 1 fully saturated rings. The average molecular weight is 527 g/mol. The van der Waals surface area contributed by atoms with Crippen molar-refractivity contribution in [1.29, 1.82) is 0 Å². The molecule has 3 unspecified atom stereocenters. The van der Waals surface area contributed by atoms with Gasteiger partial charge in [0.1, 0.15) is 24.3 Å². The molecule has 1 aliphatic rings. The monoisotopic (exact) mass is 526 g/mol. The lowest BCUT2D eigenvalue weighted by atomic mass is 9.93. The normalized spacial score (nSPS) is 19.1. The number of ether oxygens (including phenoxy) is 4. The first-order chi connectivity index (χ1) is 17.5. The minimum Gasteiger partial charge on any atom is -0.382 e. The lowest BCUT2D eigenvalue weighted by molar-refractivity contribution is -0.134. The Morgan fingerprint density at radius 2 is 1.59 bits per heavy atom. The Kier molecular flexibility index (Phi) is 11.6. The molecule has 13 heteroatoms. The number of ketones is 1. The van der Waals surface area contributed by atoms with Gasteiger partial charge in [-0.1, -0.05) is 19.0 Å². The first kappa shape index (κ1) is 30.4. The number of nitrogens with zero attached hydrogens (tertiary/aromatic N) is 1. The van der Waals surface area contributed by atoms with Crippen LogP contribution in [0.1, 0.15) is 50.4 Å². The van der Waals surface area contributed by atoms with E-state index in [-0.39, 0.29) is 37.2 Å². The van der Waals surface area contributed by atoms with Gasteiger partial charge in [0.2, 0.25) is 11.8 Å². The Morgan fingerprint density at radius 3 is 2.11 bits per heavy atom. The van der Waals surface area contributed by atoms with Gasteiger partial charge in [-0.25, -0.2) is 0 Å². The number of carbonyl (C=O) groups is 4. The number of rotatable bonds is 17. The molecule has 2 rings (SSSR count). The molecule has 3 amide bonds. The minimum absolute atomic E-state index is 0.0411. The van der Waals surface area contributed by atoms with Crippen LogP contribution < -0.4 is 16.0 Å². The van der Waals surface area contributed by atoms with Crippen LogP contribution in [0.3, 0.4) is 0 Å². The van der Waals surface area contributed by atoms with Crippen molar-refractivity contribution in [2.24, 2.45) is 5.92 Å². The second-order valence-electron chi connectivity index (χ2n) is 9.39. The topological polar surface area (TPSA) is 171 Å². The number of amides is 3. The van der Waals surface area contributed by atoms with Gasteiger partial charge in [0.25, 0.3) is 5.91 Å². The SMILES string of the molecule is CCOCc1cc(C(=O)NC(COC)C(=O)N[C@@H](COC)C(=O)NC(CC(C)C)C(=O)C2(C)CO2)no1. The Bertz CT molecular complexity index is 929. The zero-order valence-electron chi connectivity index (χ0n) is 22.3. The summed E-state index contributed by atoms with van der Waals surface area (Å²) in [6.45, 7) is 7.94. The summed E-state index contributed by atoms with van der Waals surface area (Å²) in [6.07, 6.45) is 0.405. The highest BCUT2D eigenvalue weighted by Crippen LogP contribution is 2.29. The van der Waals surface area contributed by atoms with Crippen LogP contribution in [-0.2, 0) is 39.9 Å². The van der Waals surface area contributed by atoms with Crippen molar-refractivity contribution < 1.29 is 42.6 Å². The van der Waals surface area contributed by atoms with E-state index < -0.39 is 41.4 Å². The molecular formula is C24H38N4O9. The Labute approximate surface area is 216 Å².